The fourth-order valence-electron chi connectivity index (χ4n) is 1.98. The number of hydrogen-bond acceptors (Lipinski definition) is 4. The lowest BCUT2D eigenvalue weighted by molar-refractivity contribution is 0.00975. The van der Waals surface area contributed by atoms with E-state index in [-0.39, 0.29) is 11.9 Å². The summed E-state index contributed by atoms with van der Waals surface area (Å²) < 4.78 is 29.9. The summed E-state index contributed by atoms with van der Waals surface area (Å²) >= 11 is 0. The van der Waals surface area contributed by atoms with Gasteiger partial charge in [-0.1, -0.05) is 25.1 Å². The van der Waals surface area contributed by atoms with Crippen molar-refractivity contribution in [3.8, 4) is 0 Å². The molecule has 1 aromatic carbocycles. The van der Waals surface area contributed by atoms with Crippen LogP contribution in [0, 0.1) is 5.82 Å². The lowest BCUT2D eigenvalue weighted by Crippen LogP contribution is -2.30. The zero-order chi connectivity index (χ0) is 15.5. The SMILES string of the molecule is CCC(N)C(OCCCOCCOC)c1ccccc1F. The molecule has 21 heavy (non-hydrogen) atoms. The van der Waals surface area contributed by atoms with Crippen LogP contribution >= 0.6 is 0 Å². The molecule has 0 saturated heterocycles. The molecule has 0 radical (unpaired) electrons. The van der Waals surface area contributed by atoms with E-state index in [4.69, 9.17) is 19.9 Å². The van der Waals surface area contributed by atoms with E-state index in [0.29, 0.717) is 32.0 Å². The standard InChI is InChI=1S/C16H26FNO3/c1-3-15(18)16(13-7-4-5-8-14(13)17)21-10-6-9-20-12-11-19-2/h4-5,7-8,15-16H,3,6,9-12,18H2,1-2H3. The van der Waals surface area contributed by atoms with Gasteiger partial charge in [0.05, 0.1) is 13.2 Å². The van der Waals surface area contributed by atoms with Crippen molar-refractivity contribution >= 4 is 0 Å². The molecule has 4 nitrogen and oxygen atoms in total. The minimum atomic E-state index is -0.421. The predicted molar refractivity (Wildman–Crippen MR) is 80.7 cm³/mol. The fraction of sp³-hybridized carbons (Fsp3) is 0.625. The summed E-state index contributed by atoms with van der Waals surface area (Å²) in [4.78, 5) is 0. The van der Waals surface area contributed by atoms with Crippen LogP contribution in [0.4, 0.5) is 4.39 Å². The van der Waals surface area contributed by atoms with Crippen LogP contribution in [-0.2, 0) is 14.2 Å². The Balaban J connectivity index is 2.43. The van der Waals surface area contributed by atoms with Gasteiger partial charge in [-0.3, -0.25) is 0 Å². The number of methoxy groups -OCH3 is 1. The van der Waals surface area contributed by atoms with Crippen molar-refractivity contribution in [2.45, 2.75) is 31.9 Å². The van der Waals surface area contributed by atoms with E-state index in [2.05, 4.69) is 0 Å². The second kappa shape index (κ2) is 10.7. The van der Waals surface area contributed by atoms with E-state index >= 15 is 0 Å². The van der Waals surface area contributed by atoms with Gasteiger partial charge in [-0.2, -0.15) is 0 Å². The van der Waals surface area contributed by atoms with Crippen molar-refractivity contribution in [2.75, 3.05) is 33.5 Å². The highest BCUT2D eigenvalue weighted by atomic mass is 19.1. The van der Waals surface area contributed by atoms with Gasteiger partial charge in [0, 0.05) is 31.9 Å². The summed E-state index contributed by atoms with van der Waals surface area (Å²) in [6, 6.07) is 6.39. The largest absolute Gasteiger partial charge is 0.382 e. The number of nitrogens with two attached hydrogens (primary N) is 1. The van der Waals surface area contributed by atoms with E-state index in [1.807, 2.05) is 6.92 Å². The van der Waals surface area contributed by atoms with Crippen LogP contribution in [-0.4, -0.2) is 39.6 Å². The maximum atomic E-state index is 13.9. The summed E-state index contributed by atoms with van der Waals surface area (Å²) in [5, 5.41) is 0. The number of hydrogen-bond donors (Lipinski definition) is 1. The molecule has 1 rings (SSSR count). The Labute approximate surface area is 126 Å². The summed E-state index contributed by atoms with van der Waals surface area (Å²) in [5.74, 6) is -0.275. The van der Waals surface area contributed by atoms with Crippen molar-refractivity contribution in [3.05, 3.63) is 35.6 Å². The van der Waals surface area contributed by atoms with Gasteiger partial charge in [-0.05, 0) is 18.9 Å². The third kappa shape index (κ3) is 6.52. The first kappa shape index (κ1) is 18.0. The highest BCUT2D eigenvalue weighted by Crippen LogP contribution is 2.24. The van der Waals surface area contributed by atoms with Crippen molar-refractivity contribution in [1.29, 1.82) is 0 Å². The average molecular weight is 299 g/mol. The smallest absolute Gasteiger partial charge is 0.129 e. The fourth-order valence-corrected chi connectivity index (χ4v) is 1.98. The molecule has 0 aliphatic carbocycles. The van der Waals surface area contributed by atoms with Gasteiger partial charge in [0.2, 0.25) is 0 Å². The normalized spacial score (nSPS) is 14.1. The summed E-state index contributed by atoms with van der Waals surface area (Å²) in [7, 11) is 1.64. The maximum absolute atomic E-state index is 13.9. The molecule has 2 atom stereocenters. The highest BCUT2D eigenvalue weighted by Gasteiger charge is 2.21. The van der Waals surface area contributed by atoms with Gasteiger partial charge in [0.25, 0.3) is 0 Å². The molecule has 0 aromatic heterocycles. The Hall–Kier alpha value is -1.01. The van der Waals surface area contributed by atoms with Crippen LogP contribution in [0.15, 0.2) is 24.3 Å². The Kier molecular flexibility index (Phi) is 9.17. The van der Waals surface area contributed by atoms with E-state index in [0.717, 1.165) is 12.8 Å². The van der Waals surface area contributed by atoms with Crippen molar-refractivity contribution in [3.63, 3.8) is 0 Å². The zero-order valence-corrected chi connectivity index (χ0v) is 12.9. The first-order valence-corrected chi connectivity index (χ1v) is 7.39. The predicted octanol–water partition coefficient (Wildman–Crippen LogP) is 2.67. The molecule has 0 spiro atoms. The second-order valence-corrected chi connectivity index (χ2v) is 4.84. The lowest BCUT2D eigenvalue weighted by atomic mass is 10.0. The molecule has 2 unspecified atom stereocenters. The summed E-state index contributed by atoms with van der Waals surface area (Å²) in [5.41, 5.74) is 6.58. The molecular weight excluding hydrogens is 273 g/mol. The molecule has 1 aromatic rings. The molecule has 0 heterocycles. The Bertz CT molecular complexity index is 390. The molecule has 0 aliphatic rings. The quantitative estimate of drug-likeness (QED) is 0.638. The van der Waals surface area contributed by atoms with Crippen LogP contribution in [0.2, 0.25) is 0 Å². The molecule has 5 heteroatoms. The van der Waals surface area contributed by atoms with E-state index in [1.165, 1.54) is 6.07 Å². The Morgan fingerprint density at radius 1 is 1.14 bits per heavy atom. The minimum absolute atomic E-state index is 0.226. The van der Waals surface area contributed by atoms with E-state index in [1.54, 1.807) is 25.3 Å². The van der Waals surface area contributed by atoms with Crippen LogP contribution < -0.4 is 5.73 Å². The Morgan fingerprint density at radius 3 is 2.57 bits per heavy atom. The van der Waals surface area contributed by atoms with Gasteiger partial charge in [-0.25, -0.2) is 4.39 Å². The second-order valence-electron chi connectivity index (χ2n) is 4.84. The first-order valence-electron chi connectivity index (χ1n) is 7.39. The average Bonchev–Trinajstić information content (AvgIpc) is 2.50. The number of halogens is 1. The monoisotopic (exact) mass is 299 g/mol. The molecule has 0 saturated carbocycles. The molecule has 0 aliphatic heterocycles. The third-order valence-corrected chi connectivity index (χ3v) is 3.23. The summed E-state index contributed by atoms with van der Waals surface area (Å²) in [6.07, 6.45) is 1.05. The van der Waals surface area contributed by atoms with Gasteiger partial charge in [0.15, 0.2) is 0 Å². The van der Waals surface area contributed by atoms with E-state index < -0.39 is 6.10 Å². The molecule has 2 N–H and O–H groups in total. The Morgan fingerprint density at radius 2 is 1.90 bits per heavy atom. The minimum Gasteiger partial charge on any atom is -0.382 e. The van der Waals surface area contributed by atoms with Gasteiger partial charge < -0.3 is 19.9 Å². The van der Waals surface area contributed by atoms with Crippen molar-refractivity contribution in [1.82, 2.24) is 0 Å². The number of benzene rings is 1. The van der Waals surface area contributed by atoms with Crippen LogP contribution in [0.25, 0.3) is 0 Å². The number of rotatable bonds is 11. The van der Waals surface area contributed by atoms with Crippen molar-refractivity contribution < 1.29 is 18.6 Å². The topological polar surface area (TPSA) is 53.7 Å². The maximum Gasteiger partial charge on any atom is 0.129 e. The van der Waals surface area contributed by atoms with Crippen LogP contribution in [0.3, 0.4) is 0 Å². The molecule has 0 bridgehead atoms. The lowest BCUT2D eigenvalue weighted by Gasteiger charge is -2.24. The van der Waals surface area contributed by atoms with Crippen molar-refractivity contribution in [2.24, 2.45) is 5.73 Å². The summed E-state index contributed by atoms with van der Waals surface area (Å²) in [6.45, 7) is 4.20. The molecule has 120 valence electrons. The van der Waals surface area contributed by atoms with Crippen LogP contribution in [0.5, 0.6) is 0 Å². The van der Waals surface area contributed by atoms with E-state index in [9.17, 15) is 4.39 Å². The first-order chi connectivity index (χ1) is 10.2. The molecular formula is C16H26FNO3. The third-order valence-electron chi connectivity index (χ3n) is 3.23. The number of ether oxygens (including phenoxy) is 3. The van der Waals surface area contributed by atoms with Crippen LogP contribution in [0.1, 0.15) is 31.4 Å². The van der Waals surface area contributed by atoms with Gasteiger partial charge >= 0.3 is 0 Å². The molecule has 0 fully saturated rings. The van der Waals surface area contributed by atoms with Gasteiger partial charge in [0.1, 0.15) is 11.9 Å². The zero-order valence-electron chi connectivity index (χ0n) is 12.9. The molecule has 0 amide bonds. The van der Waals surface area contributed by atoms with Gasteiger partial charge in [-0.15, -0.1) is 0 Å². The highest BCUT2D eigenvalue weighted by molar-refractivity contribution is 5.21.